The molecule has 2 unspecified atom stereocenters. The standard InChI is InChI=1S/C17H33NO/c1-4-18(15-8-6-5-7-9-15)13-14-12-17(2,3)11-10-16(14)19/h14-16,19H,4-13H2,1-3H3. The fraction of sp³-hybridized carbons (Fsp3) is 1.00. The van der Waals surface area contributed by atoms with Crippen LogP contribution < -0.4 is 0 Å². The van der Waals surface area contributed by atoms with Crippen molar-refractivity contribution < 1.29 is 5.11 Å². The van der Waals surface area contributed by atoms with Crippen LogP contribution in [0.5, 0.6) is 0 Å². The predicted octanol–water partition coefficient (Wildman–Crippen LogP) is 3.83. The summed E-state index contributed by atoms with van der Waals surface area (Å²) in [6.45, 7) is 9.28. The van der Waals surface area contributed by atoms with E-state index in [1.165, 1.54) is 44.9 Å². The van der Waals surface area contributed by atoms with Crippen LogP contribution in [0.15, 0.2) is 0 Å². The summed E-state index contributed by atoms with van der Waals surface area (Å²) in [4.78, 5) is 2.66. The minimum Gasteiger partial charge on any atom is -0.393 e. The number of nitrogens with zero attached hydrogens (tertiary/aromatic N) is 1. The zero-order valence-corrected chi connectivity index (χ0v) is 13.2. The smallest absolute Gasteiger partial charge is 0.0581 e. The lowest BCUT2D eigenvalue weighted by atomic mass is 9.70. The Hall–Kier alpha value is -0.0800. The molecule has 2 aliphatic carbocycles. The summed E-state index contributed by atoms with van der Waals surface area (Å²) in [7, 11) is 0. The van der Waals surface area contributed by atoms with E-state index in [-0.39, 0.29) is 6.10 Å². The zero-order chi connectivity index (χ0) is 13.9. The minimum atomic E-state index is -0.0642. The number of rotatable bonds is 4. The molecule has 2 rings (SSSR count). The highest BCUT2D eigenvalue weighted by molar-refractivity contribution is 4.88. The Bertz CT molecular complexity index is 270. The SMILES string of the molecule is CCN(CC1CC(C)(C)CCC1O)C1CCCCC1. The van der Waals surface area contributed by atoms with Crippen LogP contribution >= 0.6 is 0 Å². The van der Waals surface area contributed by atoms with E-state index in [9.17, 15) is 5.11 Å². The average Bonchev–Trinajstić information content (AvgIpc) is 2.40. The molecule has 2 heteroatoms. The Morgan fingerprint density at radius 2 is 1.79 bits per heavy atom. The molecule has 0 radical (unpaired) electrons. The van der Waals surface area contributed by atoms with Crippen molar-refractivity contribution in [1.82, 2.24) is 4.90 Å². The van der Waals surface area contributed by atoms with Crippen LogP contribution in [0.2, 0.25) is 0 Å². The van der Waals surface area contributed by atoms with Gasteiger partial charge in [-0.3, -0.25) is 0 Å². The lowest BCUT2D eigenvalue weighted by molar-refractivity contribution is -0.00475. The van der Waals surface area contributed by atoms with E-state index >= 15 is 0 Å². The Kier molecular flexibility index (Phi) is 5.30. The molecule has 0 amide bonds. The highest BCUT2D eigenvalue weighted by atomic mass is 16.3. The van der Waals surface area contributed by atoms with Gasteiger partial charge in [-0.1, -0.05) is 40.0 Å². The van der Waals surface area contributed by atoms with Gasteiger partial charge in [0, 0.05) is 12.6 Å². The van der Waals surface area contributed by atoms with Crippen molar-refractivity contribution in [1.29, 1.82) is 0 Å². The lowest BCUT2D eigenvalue weighted by Gasteiger charge is -2.43. The van der Waals surface area contributed by atoms with E-state index in [4.69, 9.17) is 0 Å². The second kappa shape index (κ2) is 6.58. The van der Waals surface area contributed by atoms with Gasteiger partial charge in [0.2, 0.25) is 0 Å². The van der Waals surface area contributed by atoms with Gasteiger partial charge in [-0.2, -0.15) is 0 Å². The molecule has 112 valence electrons. The maximum absolute atomic E-state index is 10.3. The van der Waals surface area contributed by atoms with Gasteiger partial charge in [-0.05, 0) is 50.0 Å². The molecule has 0 spiro atoms. The number of hydrogen-bond donors (Lipinski definition) is 1. The number of hydrogen-bond acceptors (Lipinski definition) is 2. The van der Waals surface area contributed by atoms with E-state index in [1.807, 2.05) is 0 Å². The van der Waals surface area contributed by atoms with Crippen LogP contribution in [0, 0.1) is 11.3 Å². The molecule has 2 nitrogen and oxygen atoms in total. The fourth-order valence-corrected chi connectivity index (χ4v) is 4.19. The molecule has 0 aromatic heterocycles. The Balaban J connectivity index is 1.92. The van der Waals surface area contributed by atoms with Gasteiger partial charge < -0.3 is 10.0 Å². The summed E-state index contributed by atoms with van der Waals surface area (Å²) < 4.78 is 0. The lowest BCUT2D eigenvalue weighted by Crippen LogP contribution is -2.45. The summed E-state index contributed by atoms with van der Waals surface area (Å²) in [5.41, 5.74) is 0.426. The van der Waals surface area contributed by atoms with Crippen molar-refractivity contribution in [3.63, 3.8) is 0 Å². The predicted molar refractivity (Wildman–Crippen MR) is 81.2 cm³/mol. The van der Waals surface area contributed by atoms with E-state index in [0.717, 1.165) is 25.6 Å². The molecule has 0 aromatic carbocycles. The van der Waals surface area contributed by atoms with Gasteiger partial charge in [0.1, 0.15) is 0 Å². The maximum atomic E-state index is 10.3. The van der Waals surface area contributed by atoms with Crippen molar-refractivity contribution >= 4 is 0 Å². The molecule has 2 aliphatic rings. The molecular weight excluding hydrogens is 234 g/mol. The van der Waals surface area contributed by atoms with E-state index < -0.39 is 0 Å². The van der Waals surface area contributed by atoms with Crippen molar-refractivity contribution in [2.75, 3.05) is 13.1 Å². The highest BCUT2D eigenvalue weighted by Crippen LogP contribution is 2.39. The van der Waals surface area contributed by atoms with Crippen LogP contribution in [-0.2, 0) is 0 Å². The van der Waals surface area contributed by atoms with Gasteiger partial charge in [0.25, 0.3) is 0 Å². The zero-order valence-electron chi connectivity index (χ0n) is 13.2. The van der Waals surface area contributed by atoms with Crippen LogP contribution in [0.1, 0.15) is 72.1 Å². The van der Waals surface area contributed by atoms with Crippen molar-refractivity contribution in [3.8, 4) is 0 Å². The quantitative estimate of drug-likeness (QED) is 0.837. The monoisotopic (exact) mass is 267 g/mol. The summed E-state index contributed by atoms with van der Waals surface area (Å²) >= 11 is 0. The summed E-state index contributed by atoms with van der Waals surface area (Å²) in [6.07, 6.45) is 10.3. The molecule has 2 saturated carbocycles. The molecule has 2 atom stereocenters. The number of aliphatic hydroxyl groups excluding tert-OH is 1. The van der Waals surface area contributed by atoms with E-state index in [1.54, 1.807) is 0 Å². The minimum absolute atomic E-state index is 0.0642. The Morgan fingerprint density at radius 1 is 1.11 bits per heavy atom. The third-order valence-electron chi connectivity index (χ3n) is 5.44. The van der Waals surface area contributed by atoms with Gasteiger partial charge in [-0.15, -0.1) is 0 Å². The molecule has 2 fully saturated rings. The first-order chi connectivity index (χ1) is 9.02. The fourth-order valence-electron chi connectivity index (χ4n) is 4.19. The largest absolute Gasteiger partial charge is 0.393 e. The third kappa shape index (κ3) is 4.19. The topological polar surface area (TPSA) is 23.5 Å². The normalized spacial score (nSPS) is 32.7. The van der Waals surface area contributed by atoms with Gasteiger partial charge in [0.15, 0.2) is 0 Å². The van der Waals surface area contributed by atoms with Crippen LogP contribution in [0.3, 0.4) is 0 Å². The average molecular weight is 267 g/mol. The van der Waals surface area contributed by atoms with Crippen LogP contribution in [0.4, 0.5) is 0 Å². The van der Waals surface area contributed by atoms with Crippen LogP contribution in [0.25, 0.3) is 0 Å². The Morgan fingerprint density at radius 3 is 2.42 bits per heavy atom. The first-order valence-corrected chi connectivity index (χ1v) is 8.44. The van der Waals surface area contributed by atoms with Gasteiger partial charge >= 0.3 is 0 Å². The summed E-state index contributed by atoms with van der Waals surface area (Å²) in [5.74, 6) is 0.491. The number of aliphatic hydroxyl groups is 1. The first-order valence-electron chi connectivity index (χ1n) is 8.44. The van der Waals surface area contributed by atoms with E-state index in [0.29, 0.717) is 11.3 Å². The molecule has 19 heavy (non-hydrogen) atoms. The summed E-state index contributed by atoms with van der Waals surface area (Å²) in [6, 6.07) is 0.788. The molecular formula is C17H33NO. The maximum Gasteiger partial charge on any atom is 0.0581 e. The third-order valence-corrected chi connectivity index (χ3v) is 5.44. The highest BCUT2D eigenvalue weighted by Gasteiger charge is 2.35. The molecule has 0 aromatic rings. The van der Waals surface area contributed by atoms with Crippen LogP contribution in [-0.4, -0.2) is 35.2 Å². The molecule has 0 aliphatic heterocycles. The molecule has 0 heterocycles. The van der Waals surface area contributed by atoms with Crippen molar-refractivity contribution in [2.24, 2.45) is 11.3 Å². The first kappa shape index (κ1) is 15.3. The molecule has 0 bridgehead atoms. The Labute approximate surface area is 119 Å². The van der Waals surface area contributed by atoms with Crippen molar-refractivity contribution in [2.45, 2.75) is 84.3 Å². The second-order valence-corrected chi connectivity index (χ2v) is 7.61. The van der Waals surface area contributed by atoms with Gasteiger partial charge in [0.05, 0.1) is 6.10 Å². The van der Waals surface area contributed by atoms with E-state index in [2.05, 4.69) is 25.7 Å². The molecule has 0 saturated heterocycles. The molecule has 1 N–H and O–H groups in total. The summed E-state index contributed by atoms with van der Waals surface area (Å²) in [5, 5.41) is 10.3. The van der Waals surface area contributed by atoms with Gasteiger partial charge in [-0.25, -0.2) is 0 Å². The second-order valence-electron chi connectivity index (χ2n) is 7.61. The van der Waals surface area contributed by atoms with Crippen molar-refractivity contribution in [3.05, 3.63) is 0 Å².